The van der Waals surface area contributed by atoms with E-state index in [-0.39, 0.29) is 0 Å². The normalized spacial score (nSPS) is 12.8. The predicted molar refractivity (Wildman–Crippen MR) is 85.6 cm³/mol. The Morgan fingerprint density at radius 1 is 1.09 bits per heavy atom. The first-order valence-corrected chi connectivity index (χ1v) is 7.02. The molecule has 5 heteroatoms. The molecule has 0 spiro atoms. The number of nitrogens with zero attached hydrogens (tertiary/aromatic N) is 1. The molecule has 0 saturated carbocycles. The van der Waals surface area contributed by atoms with Crippen molar-refractivity contribution < 1.29 is 14.2 Å². The van der Waals surface area contributed by atoms with Gasteiger partial charge in [0.05, 0.1) is 14.2 Å². The number of anilines is 1. The second kappa shape index (κ2) is 5.97. The highest BCUT2D eigenvalue weighted by Gasteiger charge is 2.19. The Morgan fingerprint density at radius 2 is 1.86 bits per heavy atom. The second-order valence-corrected chi connectivity index (χ2v) is 4.98. The van der Waals surface area contributed by atoms with Gasteiger partial charge in [-0.1, -0.05) is 6.07 Å². The van der Waals surface area contributed by atoms with E-state index in [1.807, 2.05) is 37.3 Å². The van der Waals surface area contributed by atoms with Crippen LogP contribution in [0.2, 0.25) is 0 Å². The van der Waals surface area contributed by atoms with Gasteiger partial charge < -0.3 is 19.5 Å². The number of nitrogens with one attached hydrogen (secondary N) is 1. The molecule has 0 fully saturated rings. The van der Waals surface area contributed by atoms with E-state index in [9.17, 15) is 0 Å². The molecule has 0 unspecified atom stereocenters. The van der Waals surface area contributed by atoms with Crippen molar-refractivity contribution in [2.45, 2.75) is 6.92 Å². The van der Waals surface area contributed by atoms with Gasteiger partial charge in [-0.2, -0.15) is 0 Å². The fourth-order valence-electron chi connectivity index (χ4n) is 2.32. The summed E-state index contributed by atoms with van der Waals surface area (Å²) in [5.74, 6) is 2.67. The Labute approximate surface area is 129 Å². The summed E-state index contributed by atoms with van der Waals surface area (Å²) in [6, 6.07) is 7.64. The van der Waals surface area contributed by atoms with Gasteiger partial charge in [0, 0.05) is 36.1 Å². The van der Waals surface area contributed by atoms with E-state index in [4.69, 9.17) is 14.2 Å². The zero-order valence-corrected chi connectivity index (χ0v) is 12.8. The van der Waals surface area contributed by atoms with E-state index >= 15 is 0 Å². The quantitative estimate of drug-likeness (QED) is 0.939. The van der Waals surface area contributed by atoms with Crippen LogP contribution in [-0.2, 0) is 0 Å². The van der Waals surface area contributed by atoms with Crippen LogP contribution in [0.3, 0.4) is 0 Å². The lowest BCUT2D eigenvalue weighted by Gasteiger charge is -2.21. The number of hydrogen-bond acceptors (Lipinski definition) is 5. The molecule has 0 bridgehead atoms. The van der Waals surface area contributed by atoms with Crippen molar-refractivity contribution in [3.63, 3.8) is 0 Å². The highest BCUT2D eigenvalue weighted by atomic mass is 16.5. The molecule has 22 heavy (non-hydrogen) atoms. The fraction of sp³-hybridized carbons (Fsp3) is 0.235. The number of pyridine rings is 1. The van der Waals surface area contributed by atoms with Gasteiger partial charge in [-0.25, -0.2) is 4.98 Å². The highest BCUT2D eigenvalue weighted by Crippen LogP contribution is 2.38. The monoisotopic (exact) mass is 298 g/mol. The summed E-state index contributed by atoms with van der Waals surface area (Å²) in [6.07, 6.45) is 3.77. The predicted octanol–water partition coefficient (Wildman–Crippen LogP) is 3.25. The van der Waals surface area contributed by atoms with Crippen molar-refractivity contribution in [2.24, 2.45) is 0 Å². The topological polar surface area (TPSA) is 52.6 Å². The molecule has 0 aliphatic carbocycles. The van der Waals surface area contributed by atoms with Crippen LogP contribution in [0.4, 0.5) is 5.69 Å². The smallest absolute Gasteiger partial charge is 0.219 e. The molecule has 5 nitrogen and oxygen atoms in total. The molecule has 3 rings (SSSR count). The van der Waals surface area contributed by atoms with Crippen molar-refractivity contribution in [3.8, 4) is 17.4 Å². The van der Waals surface area contributed by atoms with Gasteiger partial charge in [0.1, 0.15) is 5.76 Å². The molecule has 2 heterocycles. The van der Waals surface area contributed by atoms with Gasteiger partial charge in [0.2, 0.25) is 5.88 Å². The fourth-order valence-corrected chi connectivity index (χ4v) is 2.32. The van der Waals surface area contributed by atoms with Crippen molar-refractivity contribution >= 4 is 11.4 Å². The minimum Gasteiger partial charge on any atom is -0.493 e. The lowest BCUT2D eigenvalue weighted by molar-refractivity contribution is 0.354. The van der Waals surface area contributed by atoms with Crippen LogP contribution in [0.5, 0.6) is 17.4 Å². The molecule has 114 valence electrons. The van der Waals surface area contributed by atoms with E-state index in [1.54, 1.807) is 20.4 Å². The molecule has 0 amide bonds. The van der Waals surface area contributed by atoms with E-state index in [1.165, 1.54) is 0 Å². The number of aromatic nitrogens is 1. The molecule has 1 aromatic carbocycles. The maximum absolute atomic E-state index is 5.92. The van der Waals surface area contributed by atoms with Crippen LogP contribution in [0.15, 0.2) is 36.5 Å². The number of aryl methyl sites for hydroxylation is 1. The molecule has 0 atom stereocenters. The maximum atomic E-state index is 5.92. The van der Waals surface area contributed by atoms with Gasteiger partial charge in [-0.15, -0.1) is 0 Å². The Kier molecular flexibility index (Phi) is 3.87. The molecular weight excluding hydrogens is 280 g/mol. The van der Waals surface area contributed by atoms with Crippen molar-refractivity contribution in [3.05, 3.63) is 47.7 Å². The van der Waals surface area contributed by atoms with E-state index in [2.05, 4.69) is 10.3 Å². The number of rotatable bonds is 4. The van der Waals surface area contributed by atoms with Crippen molar-refractivity contribution in [1.82, 2.24) is 4.98 Å². The summed E-state index contributed by atoms with van der Waals surface area (Å²) in [5, 5.41) is 3.30. The van der Waals surface area contributed by atoms with Crippen LogP contribution in [0, 0.1) is 6.92 Å². The Morgan fingerprint density at radius 3 is 2.55 bits per heavy atom. The third kappa shape index (κ3) is 2.70. The van der Waals surface area contributed by atoms with E-state index in [0.717, 1.165) is 22.6 Å². The van der Waals surface area contributed by atoms with Crippen LogP contribution < -0.4 is 19.5 Å². The number of benzene rings is 1. The minimum absolute atomic E-state index is 0.569. The first kappa shape index (κ1) is 14.3. The SMILES string of the molecule is COc1cc2c(cc1OC)C(Oc1ccc(C)cn1)=CCN2. The number of fused-ring (bicyclic) bond motifs is 1. The van der Waals surface area contributed by atoms with Gasteiger partial charge in [-0.3, -0.25) is 0 Å². The molecule has 1 aliphatic rings. The highest BCUT2D eigenvalue weighted by molar-refractivity contribution is 5.79. The largest absolute Gasteiger partial charge is 0.493 e. The summed E-state index contributed by atoms with van der Waals surface area (Å²) in [6.45, 7) is 2.68. The summed E-state index contributed by atoms with van der Waals surface area (Å²) in [4.78, 5) is 4.28. The standard InChI is InChI=1S/C17H18N2O3/c1-11-4-5-17(19-10-11)22-14-6-7-18-13-9-16(21-3)15(20-2)8-12(13)14/h4-6,8-10,18H,7H2,1-3H3. The average molecular weight is 298 g/mol. The molecule has 1 N–H and O–H groups in total. The van der Waals surface area contributed by atoms with E-state index in [0.29, 0.717) is 23.9 Å². The average Bonchev–Trinajstić information content (AvgIpc) is 2.56. The van der Waals surface area contributed by atoms with Crippen LogP contribution >= 0.6 is 0 Å². The Balaban J connectivity index is 1.95. The number of ether oxygens (including phenoxy) is 3. The number of hydrogen-bond donors (Lipinski definition) is 1. The zero-order valence-electron chi connectivity index (χ0n) is 12.8. The minimum atomic E-state index is 0.569. The molecule has 2 aromatic rings. The summed E-state index contributed by atoms with van der Waals surface area (Å²) in [7, 11) is 3.24. The van der Waals surface area contributed by atoms with Gasteiger partial charge >= 0.3 is 0 Å². The van der Waals surface area contributed by atoms with Crippen LogP contribution in [0.1, 0.15) is 11.1 Å². The first-order valence-electron chi connectivity index (χ1n) is 7.02. The summed E-state index contributed by atoms with van der Waals surface area (Å²) >= 11 is 0. The Bertz CT molecular complexity index is 709. The number of methoxy groups -OCH3 is 2. The molecule has 0 saturated heterocycles. The maximum Gasteiger partial charge on any atom is 0.219 e. The first-order chi connectivity index (χ1) is 10.7. The Hall–Kier alpha value is -2.69. The van der Waals surface area contributed by atoms with Gasteiger partial charge in [0.25, 0.3) is 0 Å². The summed E-state index contributed by atoms with van der Waals surface area (Å²) in [5.41, 5.74) is 2.96. The third-order valence-electron chi connectivity index (χ3n) is 3.47. The van der Waals surface area contributed by atoms with Crippen molar-refractivity contribution in [1.29, 1.82) is 0 Å². The lowest BCUT2D eigenvalue weighted by atomic mass is 10.1. The zero-order chi connectivity index (χ0) is 15.5. The van der Waals surface area contributed by atoms with Crippen LogP contribution in [0.25, 0.3) is 5.76 Å². The van der Waals surface area contributed by atoms with Crippen LogP contribution in [-0.4, -0.2) is 25.7 Å². The van der Waals surface area contributed by atoms with E-state index < -0.39 is 0 Å². The lowest BCUT2D eigenvalue weighted by Crippen LogP contribution is -2.12. The second-order valence-electron chi connectivity index (χ2n) is 4.98. The van der Waals surface area contributed by atoms with Gasteiger partial charge in [0.15, 0.2) is 11.5 Å². The molecule has 0 radical (unpaired) electrons. The molecule has 1 aromatic heterocycles. The summed E-state index contributed by atoms with van der Waals surface area (Å²) < 4.78 is 16.6. The van der Waals surface area contributed by atoms with Crippen molar-refractivity contribution in [2.75, 3.05) is 26.1 Å². The third-order valence-corrected chi connectivity index (χ3v) is 3.47. The molecular formula is C17H18N2O3. The molecule has 1 aliphatic heterocycles. The van der Waals surface area contributed by atoms with Gasteiger partial charge in [-0.05, 0) is 24.6 Å².